The van der Waals surface area contributed by atoms with Gasteiger partial charge in [-0.3, -0.25) is 9.69 Å². The van der Waals surface area contributed by atoms with Gasteiger partial charge in [0.1, 0.15) is 0 Å². The number of anilines is 1. The molecule has 140 valence electrons. The van der Waals surface area contributed by atoms with Gasteiger partial charge in [0.25, 0.3) is 0 Å². The fourth-order valence-corrected chi connectivity index (χ4v) is 4.30. The van der Waals surface area contributed by atoms with Crippen molar-refractivity contribution < 1.29 is 13.2 Å². The molecule has 1 aliphatic rings. The van der Waals surface area contributed by atoms with Crippen molar-refractivity contribution in [1.29, 1.82) is 0 Å². The Labute approximate surface area is 151 Å². The molecular weight excluding hydrogens is 338 g/mol. The zero-order valence-electron chi connectivity index (χ0n) is 15.4. The van der Waals surface area contributed by atoms with Gasteiger partial charge in [-0.1, -0.05) is 13.8 Å². The van der Waals surface area contributed by atoms with Gasteiger partial charge in [0, 0.05) is 31.2 Å². The lowest BCUT2D eigenvalue weighted by atomic mass is 10.1. The minimum Gasteiger partial charge on any atom is -0.312 e. The third kappa shape index (κ3) is 5.03. The maximum Gasteiger partial charge on any atom is 0.240 e. The number of amides is 1. The van der Waals surface area contributed by atoms with Crippen molar-refractivity contribution in [2.75, 3.05) is 31.1 Å². The number of carbonyl (C=O) groups is 1. The first-order chi connectivity index (χ1) is 11.9. The minimum atomic E-state index is -3.55. The Kier molecular flexibility index (Phi) is 6.98. The summed E-state index contributed by atoms with van der Waals surface area (Å²) in [6, 6.07) is 6.70. The molecule has 7 heteroatoms. The molecule has 0 radical (unpaired) electrons. The van der Waals surface area contributed by atoms with Crippen LogP contribution in [-0.2, 0) is 14.8 Å². The number of hydrogen-bond acceptors (Lipinski definition) is 4. The lowest BCUT2D eigenvalue weighted by molar-refractivity contribution is -0.119. The SMILES string of the molecule is CCN(CC)C(C)CNS(=O)(=O)c1ccc(N2CCCCC2=O)cc1. The van der Waals surface area contributed by atoms with Crippen LogP contribution in [0.15, 0.2) is 29.2 Å². The van der Waals surface area contributed by atoms with Gasteiger partial charge in [0.05, 0.1) is 4.90 Å². The fraction of sp³-hybridized carbons (Fsp3) is 0.611. The van der Waals surface area contributed by atoms with Crippen LogP contribution >= 0.6 is 0 Å². The molecule has 0 saturated carbocycles. The molecule has 1 aromatic carbocycles. The average Bonchev–Trinajstić information content (AvgIpc) is 2.62. The Morgan fingerprint density at radius 2 is 1.80 bits per heavy atom. The van der Waals surface area contributed by atoms with Crippen molar-refractivity contribution in [1.82, 2.24) is 9.62 Å². The van der Waals surface area contributed by atoms with E-state index in [-0.39, 0.29) is 16.8 Å². The van der Waals surface area contributed by atoms with Crippen LogP contribution in [0.25, 0.3) is 0 Å². The van der Waals surface area contributed by atoms with E-state index in [0.29, 0.717) is 19.5 Å². The predicted octanol–water partition coefficient (Wildman–Crippen LogP) is 2.21. The van der Waals surface area contributed by atoms with E-state index in [0.717, 1.165) is 31.6 Å². The van der Waals surface area contributed by atoms with Gasteiger partial charge in [0.2, 0.25) is 15.9 Å². The highest BCUT2D eigenvalue weighted by Crippen LogP contribution is 2.22. The monoisotopic (exact) mass is 367 g/mol. The molecule has 1 atom stereocenters. The Morgan fingerprint density at radius 1 is 1.16 bits per heavy atom. The molecule has 1 heterocycles. The molecule has 1 aliphatic heterocycles. The summed E-state index contributed by atoms with van der Waals surface area (Å²) in [6.45, 7) is 8.99. The van der Waals surface area contributed by atoms with Gasteiger partial charge in [-0.05, 0) is 57.1 Å². The van der Waals surface area contributed by atoms with Gasteiger partial charge < -0.3 is 4.90 Å². The topological polar surface area (TPSA) is 69.7 Å². The zero-order valence-corrected chi connectivity index (χ0v) is 16.2. The number of benzene rings is 1. The smallest absolute Gasteiger partial charge is 0.240 e. The normalized spacial score (nSPS) is 17.1. The van der Waals surface area contributed by atoms with Crippen molar-refractivity contribution >= 4 is 21.6 Å². The van der Waals surface area contributed by atoms with Crippen LogP contribution in [0.4, 0.5) is 5.69 Å². The molecule has 1 saturated heterocycles. The molecule has 1 aromatic rings. The number of sulfonamides is 1. The minimum absolute atomic E-state index is 0.105. The summed E-state index contributed by atoms with van der Waals surface area (Å²) in [6.07, 6.45) is 2.47. The van der Waals surface area contributed by atoms with E-state index in [4.69, 9.17) is 0 Å². The molecule has 25 heavy (non-hydrogen) atoms. The summed E-state index contributed by atoms with van der Waals surface area (Å²) < 4.78 is 27.6. The second-order valence-corrected chi connectivity index (χ2v) is 8.19. The van der Waals surface area contributed by atoms with Crippen LogP contribution < -0.4 is 9.62 Å². The lowest BCUT2D eigenvalue weighted by Crippen LogP contribution is -2.41. The van der Waals surface area contributed by atoms with Gasteiger partial charge in [-0.15, -0.1) is 0 Å². The number of rotatable bonds is 8. The number of nitrogens with one attached hydrogen (secondary N) is 1. The Hall–Kier alpha value is -1.44. The summed E-state index contributed by atoms with van der Waals surface area (Å²) >= 11 is 0. The Balaban J connectivity index is 2.03. The molecule has 1 amide bonds. The molecule has 0 aliphatic carbocycles. The van der Waals surface area contributed by atoms with Crippen molar-refractivity contribution in [3.8, 4) is 0 Å². The second-order valence-electron chi connectivity index (χ2n) is 6.42. The van der Waals surface area contributed by atoms with E-state index in [9.17, 15) is 13.2 Å². The summed E-state index contributed by atoms with van der Waals surface area (Å²) in [5.74, 6) is 0.105. The van der Waals surface area contributed by atoms with Crippen LogP contribution in [0.1, 0.15) is 40.0 Å². The fourth-order valence-electron chi connectivity index (χ4n) is 3.17. The highest BCUT2D eigenvalue weighted by molar-refractivity contribution is 7.89. The molecule has 1 fully saturated rings. The third-order valence-corrected chi connectivity index (χ3v) is 6.23. The van der Waals surface area contributed by atoms with Crippen molar-refractivity contribution in [3.63, 3.8) is 0 Å². The van der Waals surface area contributed by atoms with E-state index >= 15 is 0 Å². The number of carbonyl (C=O) groups excluding carboxylic acids is 1. The number of hydrogen-bond donors (Lipinski definition) is 1. The van der Waals surface area contributed by atoms with Crippen LogP contribution in [0.5, 0.6) is 0 Å². The van der Waals surface area contributed by atoms with Crippen LogP contribution in [0.3, 0.4) is 0 Å². The third-order valence-electron chi connectivity index (χ3n) is 4.79. The maximum atomic E-state index is 12.5. The average molecular weight is 368 g/mol. The summed E-state index contributed by atoms with van der Waals surface area (Å²) in [5, 5.41) is 0. The molecule has 2 rings (SSSR count). The number of nitrogens with zero attached hydrogens (tertiary/aromatic N) is 2. The van der Waals surface area contributed by atoms with Crippen molar-refractivity contribution in [2.24, 2.45) is 0 Å². The van der Waals surface area contributed by atoms with Crippen LogP contribution in [-0.4, -0.2) is 51.4 Å². The standard InChI is InChI=1S/C18H29N3O3S/c1-4-20(5-2)15(3)14-19-25(23,24)17-11-9-16(10-12-17)21-13-7-6-8-18(21)22/h9-12,15,19H,4-8,13-14H2,1-3H3. The summed E-state index contributed by atoms with van der Waals surface area (Å²) in [5.41, 5.74) is 0.764. The first-order valence-electron chi connectivity index (χ1n) is 9.03. The zero-order chi connectivity index (χ0) is 18.4. The summed E-state index contributed by atoms with van der Waals surface area (Å²) in [7, 11) is -3.55. The molecule has 1 unspecified atom stereocenters. The van der Waals surface area contributed by atoms with Crippen LogP contribution in [0.2, 0.25) is 0 Å². The van der Waals surface area contributed by atoms with Gasteiger partial charge >= 0.3 is 0 Å². The van der Waals surface area contributed by atoms with E-state index in [2.05, 4.69) is 23.5 Å². The maximum absolute atomic E-state index is 12.5. The first-order valence-corrected chi connectivity index (χ1v) is 10.5. The number of piperidine rings is 1. The molecular formula is C18H29N3O3S. The lowest BCUT2D eigenvalue weighted by Gasteiger charge is -2.27. The second kappa shape index (κ2) is 8.78. The summed E-state index contributed by atoms with van der Waals surface area (Å²) in [4.78, 5) is 16.1. The van der Waals surface area contributed by atoms with Crippen molar-refractivity contribution in [2.45, 2.75) is 51.0 Å². The van der Waals surface area contributed by atoms with Crippen LogP contribution in [0, 0.1) is 0 Å². The first kappa shape index (κ1) is 19.9. The van der Waals surface area contributed by atoms with E-state index in [1.807, 2.05) is 6.92 Å². The van der Waals surface area contributed by atoms with E-state index < -0.39 is 10.0 Å². The Bertz CT molecular complexity index is 669. The van der Waals surface area contributed by atoms with Gasteiger partial charge in [-0.25, -0.2) is 13.1 Å². The van der Waals surface area contributed by atoms with Gasteiger partial charge in [0.15, 0.2) is 0 Å². The largest absolute Gasteiger partial charge is 0.312 e. The molecule has 6 nitrogen and oxygen atoms in total. The molecule has 0 spiro atoms. The molecule has 0 bridgehead atoms. The van der Waals surface area contributed by atoms with Gasteiger partial charge in [-0.2, -0.15) is 0 Å². The predicted molar refractivity (Wildman–Crippen MR) is 100 cm³/mol. The molecule has 0 aromatic heterocycles. The van der Waals surface area contributed by atoms with Crippen molar-refractivity contribution in [3.05, 3.63) is 24.3 Å². The van der Waals surface area contributed by atoms with E-state index in [1.54, 1.807) is 29.2 Å². The quantitative estimate of drug-likeness (QED) is 0.765. The number of likely N-dealkylation sites (N-methyl/N-ethyl adjacent to an activating group) is 1. The molecule has 1 N–H and O–H groups in total. The Morgan fingerprint density at radius 3 is 2.36 bits per heavy atom. The van der Waals surface area contributed by atoms with E-state index in [1.165, 1.54) is 0 Å². The highest BCUT2D eigenvalue weighted by Gasteiger charge is 2.21. The highest BCUT2D eigenvalue weighted by atomic mass is 32.2.